The normalized spacial score (nSPS) is 10.8. The van der Waals surface area contributed by atoms with Crippen LogP contribution in [0, 0.1) is 13.8 Å². The Kier molecular flexibility index (Phi) is 3.92. The Labute approximate surface area is 126 Å². The van der Waals surface area contributed by atoms with E-state index in [1.165, 1.54) is 33.2 Å². The van der Waals surface area contributed by atoms with Crippen molar-refractivity contribution in [2.24, 2.45) is 0 Å². The number of rotatable bonds is 4. The van der Waals surface area contributed by atoms with Gasteiger partial charge in [0.05, 0.1) is 0 Å². The van der Waals surface area contributed by atoms with Crippen LogP contribution < -0.4 is 5.32 Å². The molecule has 0 bridgehead atoms. The molecule has 0 atom stereocenters. The Balaban J connectivity index is 1.76. The molecule has 0 aromatic heterocycles. The highest BCUT2D eigenvalue weighted by molar-refractivity contribution is 5.85. The van der Waals surface area contributed by atoms with Crippen LogP contribution in [-0.4, -0.2) is 6.54 Å². The predicted molar refractivity (Wildman–Crippen MR) is 92.1 cm³/mol. The summed E-state index contributed by atoms with van der Waals surface area (Å²) in [6, 6.07) is 21.6. The second kappa shape index (κ2) is 6.01. The molecule has 1 nitrogen and oxygen atoms in total. The molecule has 0 saturated heterocycles. The van der Waals surface area contributed by atoms with Crippen LogP contribution in [0.3, 0.4) is 0 Å². The molecule has 0 amide bonds. The largest absolute Gasteiger partial charge is 0.384 e. The highest BCUT2D eigenvalue weighted by Crippen LogP contribution is 2.21. The van der Waals surface area contributed by atoms with E-state index in [9.17, 15) is 0 Å². The first-order valence-corrected chi connectivity index (χ1v) is 7.52. The molecule has 106 valence electrons. The molecule has 0 aliphatic rings. The van der Waals surface area contributed by atoms with Crippen molar-refractivity contribution in [3.8, 4) is 0 Å². The first kappa shape index (κ1) is 13.7. The molecule has 3 rings (SSSR count). The predicted octanol–water partition coefficient (Wildman–Crippen LogP) is 5.11. The van der Waals surface area contributed by atoms with Crippen molar-refractivity contribution in [1.82, 2.24) is 0 Å². The maximum absolute atomic E-state index is 3.59. The van der Waals surface area contributed by atoms with Gasteiger partial charge in [0.15, 0.2) is 0 Å². The van der Waals surface area contributed by atoms with Gasteiger partial charge in [-0.3, -0.25) is 0 Å². The van der Waals surface area contributed by atoms with Crippen molar-refractivity contribution >= 4 is 16.5 Å². The number of fused-ring (bicyclic) bond motifs is 1. The van der Waals surface area contributed by atoms with Crippen LogP contribution in [0.25, 0.3) is 10.8 Å². The molecule has 0 aliphatic carbocycles. The highest BCUT2D eigenvalue weighted by atomic mass is 14.9. The molecule has 3 aromatic carbocycles. The lowest BCUT2D eigenvalue weighted by molar-refractivity contribution is 1.02. The van der Waals surface area contributed by atoms with E-state index < -0.39 is 0 Å². The van der Waals surface area contributed by atoms with Crippen LogP contribution in [0.1, 0.15) is 16.7 Å². The smallest absolute Gasteiger partial charge is 0.0399 e. The lowest BCUT2D eigenvalue weighted by atomic mass is 10.0. The van der Waals surface area contributed by atoms with Gasteiger partial charge in [-0.2, -0.15) is 0 Å². The first-order chi connectivity index (χ1) is 10.3. The Hall–Kier alpha value is -2.28. The van der Waals surface area contributed by atoms with Gasteiger partial charge in [0.25, 0.3) is 0 Å². The zero-order valence-corrected chi connectivity index (χ0v) is 12.7. The molecule has 0 radical (unpaired) electrons. The van der Waals surface area contributed by atoms with Crippen molar-refractivity contribution in [2.45, 2.75) is 20.3 Å². The summed E-state index contributed by atoms with van der Waals surface area (Å²) in [6.07, 6.45) is 1.04. The number of hydrogen-bond donors (Lipinski definition) is 1. The summed E-state index contributed by atoms with van der Waals surface area (Å²) in [5, 5.41) is 6.28. The fourth-order valence-electron chi connectivity index (χ4n) is 2.93. The SMILES string of the molecule is Cc1cccc(C)c1NCCc1cccc2ccccc12. The van der Waals surface area contributed by atoms with Crippen LogP contribution >= 0.6 is 0 Å². The summed E-state index contributed by atoms with van der Waals surface area (Å²) < 4.78 is 0. The average molecular weight is 275 g/mol. The lowest BCUT2D eigenvalue weighted by Crippen LogP contribution is -2.07. The van der Waals surface area contributed by atoms with Gasteiger partial charge in [-0.25, -0.2) is 0 Å². The van der Waals surface area contributed by atoms with Crippen LogP contribution in [0.5, 0.6) is 0 Å². The van der Waals surface area contributed by atoms with Gasteiger partial charge < -0.3 is 5.32 Å². The van der Waals surface area contributed by atoms with Gasteiger partial charge in [0, 0.05) is 12.2 Å². The molecule has 0 fully saturated rings. The average Bonchev–Trinajstić information content (AvgIpc) is 2.50. The summed E-state index contributed by atoms with van der Waals surface area (Å²) in [4.78, 5) is 0. The standard InChI is InChI=1S/C20H21N/c1-15-7-5-8-16(2)20(15)21-14-13-18-11-6-10-17-9-3-4-12-19(17)18/h3-12,21H,13-14H2,1-2H3. The third kappa shape index (κ3) is 2.92. The minimum absolute atomic E-state index is 0.958. The van der Waals surface area contributed by atoms with E-state index in [0.29, 0.717) is 0 Å². The van der Waals surface area contributed by atoms with Crippen molar-refractivity contribution in [3.63, 3.8) is 0 Å². The summed E-state index contributed by atoms with van der Waals surface area (Å²) in [5.74, 6) is 0. The summed E-state index contributed by atoms with van der Waals surface area (Å²) in [7, 11) is 0. The lowest BCUT2D eigenvalue weighted by Gasteiger charge is -2.13. The van der Waals surface area contributed by atoms with Gasteiger partial charge >= 0.3 is 0 Å². The first-order valence-electron chi connectivity index (χ1n) is 7.52. The minimum atomic E-state index is 0.958. The topological polar surface area (TPSA) is 12.0 Å². The summed E-state index contributed by atoms with van der Waals surface area (Å²) in [5.41, 5.74) is 5.31. The van der Waals surface area contributed by atoms with Crippen LogP contribution in [0.2, 0.25) is 0 Å². The maximum atomic E-state index is 3.59. The maximum Gasteiger partial charge on any atom is 0.0399 e. The van der Waals surface area contributed by atoms with Gasteiger partial charge in [-0.15, -0.1) is 0 Å². The molecule has 1 heteroatoms. The number of para-hydroxylation sites is 1. The molecule has 0 unspecified atom stereocenters. The highest BCUT2D eigenvalue weighted by Gasteiger charge is 2.03. The molecule has 0 heterocycles. The third-order valence-electron chi connectivity index (χ3n) is 4.06. The van der Waals surface area contributed by atoms with Crippen molar-refractivity contribution in [1.29, 1.82) is 0 Å². The van der Waals surface area contributed by atoms with Crippen LogP contribution in [0.4, 0.5) is 5.69 Å². The Morgan fingerprint density at radius 2 is 1.43 bits per heavy atom. The van der Waals surface area contributed by atoms with E-state index in [1.807, 2.05) is 0 Å². The van der Waals surface area contributed by atoms with Gasteiger partial charge in [0.1, 0.15) is 0 Å². The number of aryl methyl sites for hydroxylation is 2. The summed E-state index contributed by atoms with van der Waals surface area (Å²) >= 11 is 0. The zero-order chi connectivity index (χ0) is 14.7. The second-order valence-corrected chi connectivity index (χ2v) is 5.58. The van der Waals surface area contributed by atoms with Crippen LogP contribution in [-0.2, 0) is 6.42 Å². The Morgan fingerprint density at radius 3 is 2.24 bits per heavy atom. The van der Waals surface area contributed by atoms with Crippen molar-refractivity contribution in [2.75, 3.05) is 11.9 Å². The monoisotopic (exact) mass is 275 g/mol. The van der Waals surface area contributed by atoms with Crippen LogP contribution in [0.15, 0.2) is 60.7 Å². The van der Waals surface area contributed by atoms with E-state index in [1.54, 1.807) is 0 Å². The third-order valence-corrected chi connectivity index (χ3v) is 4.06. The van der Waals surface area contributed by atoms with E-state index >= 15 is 0 Å². The van der Waals surface area contributed by atoms with Crippen molar-refractivity contribution < 1.29 is 0 Å². The summed E-state index contributed by atoms with van der Waals surface area (Å²) in [6.45, 7) is 5.28. The van der Waals surface area contributed by atoms with Crippen molar-refractivity contribution in [3.05, 3.63) is 77.4 Å². The fourth-order valence-corrected chi connectivity index (χ4v) is 2.93. The molecular formula is C20H21N. The molecule has 21 heavy (non-hydrogen) atoms. The van der Waals surface area contributed by atoms with Gasteiger partial charge in [-0.1, -0.05) is 60.7 Å². The quantitative estimate of drug-likeness (QED) is 0.697. The fraction of sp³-hybridized carbons (Fsp3) is 0.200. The minimum Gasteiger partial charge on any atom is -0.384 e. The Bertz CT molecular complexity index is 733. The van der Waals surface area contributed by atoms with E-state index in [4.69, 9.17) is 0 Å². The molecule has 1 N–H and O–H groups in total. The number of nitrogens with one attached hydrogen (secondary N) is 1. The number of benzene rings is 3. The number of hydrogen-bond acceptors (Lipinski definition) is 1. The molecule has 0 aliphatic heterocycles. The Morgan fingerprint density at radius 1 is 0.762 bits per heavy atom. The molecule has 3 aromatic rings. The number of anilines is 1. The van der Waals surface area contributed by atoms with E-state index in [0.717, 1.165) is 13.0 Å². The molecule has 0 saturated carbocycles. The van der Waals surface area contributed by atoms with Gasteiger partial charge in [0.2, 0.25) is 0 Å². The zero-order valence-electron chi connectivity index (χ0n) is 12.7. The van der Waals surface area contributed by atoms with Gasteiger partial charge in [-0.05, 0) is 47.7 Å². The van der Waals surface area contributed by atoms with E-state index in [-0.39, 0.29) is 0 Å². The second-order valence-electron chi connectivity index (χ2n) is 5.58. The van der Waals surface area contributed by atoms with E-state index in [2.05, 4.69) is 79.8 Å². The molecule has 0 spiro atoms. The molecular weight excluding hydrogens is 254 g/mol.